The molecule has 8 heteroatoms. The molecule has 1 spiro atoms. The van der Waals surface area contributed by atoms with Crippen LogP contribution in [0.5, 0.6) is 0 Å². The van der Waals surface area contributed by atoms with E-state index >= 15 is 0 Å². The van der Waals surface area contributed by atoms with E-state index in [4.69, 9.17) is 4.98 Å². The Kier molecular flexibility index (Phi) is 4.90. The highest BCUT2D eigenvalue weighted by Gasteiger charge is 2.38. The smallest absolute Gasteiger partial charge is 0.230 e. The highest BCUT2D eigenvalue weighted by atomic mass is 15.2. The molecule has 33 heavy (non-hydrogen) atoms. The van der Waals surface area contributed by atoms with Gasteiger partial charge in [0.1, 0.15) is 11.5 Å². The molecule has 0 aromatic carbocycles. The molecular weight excluding hydrogens is 412 g/mol. The number of imidazole rings is 1. The number of anilines is 3. The monoisotopic (exact) mass is 442 g/mol. The third-order valence-corrected chi connectivity index (χ3v) is 7.28. The summed E-state index contributed by atoms with van der Waals surface area (Å²) in [6.45, 7) is 8.87. The fourth-order valence-electron chi connectivity index (χ4n) is 5.32. The Morgan fingerprint density at radius 2 is 1.85 bits per heavy atom. The Balaban J connectivity index is 1.23. The van der Waals surface area contributed by atoms with Crippen molar-refractivity contribution in [3.8, 4) is 0 Å². The van der Waals surface area contributed by atoms with E-state index in [9.17, 15) is 0 Å². The molecule has 0 radical (unpaired) electrons. The summed E-state index contributed by atoms with van der Waals surface area (Å²) in [7, 11) is 0. The standard InChI is InChI=1S/C25H30N8/c1-17(2)20-15-28-22-6-3-18-13-29-24(31-23(18)33(20)22)30-21-5-4-19(14-27-21)32-12-9-25(16-32)7-10-26-11-8-25/h3-6,13-15,17,26H,7-12,16H2,1-2H3,(H,27,29,30,31). The lowest BCUT2D eigenvalue weighted by Gasteiger charge is -2.34. The number of nitrogens with zero attached hydrogens (tertiary/aromatic N) is 6. The minimum Gasteiger partial charge on any atom is -0.370 e. The Morgan fingerprint density at radius 3 is 2.64 bits per heavy atom. The van der Waals surface area contributed by atoms with E-state index in [0.29, 0.717) is 17.3 Å². The molecule has 0 atom stereocenters. The van der Waals surface area contributed by atoms with E-state index in [-0.39, 0.29) is 0 Å². The van der Waals surface area contributed by atoms with Gasteiger partial charge in [-0.05, 0) is 68.0 Å². The van der Waals surface area contributed by atoms with Gasteiger partial charge in [-0.15, -0.1) is 0 Å². The van der Waals surface area contributed by atoms with E-state index in [1.807, 2.05) is 36.8 Å². The number of pyridine rings is 2. The SMILES string of the molecule is CC(C)c1cnc2ccc3cnc(Nc4ccc(N5CCC6(CCNCC6)C5)cn4)nc3n12. The Hall–Kier alpha value is -3.26. The number of aromatic nitrogens is 5. The Morgan fingerprint density at radius 1 is 0.970 bits per heavy atom. The molecule has 8 nitrogen and oxygen atoms in total. The van der Waals surface area contributed by atoms with Crippen molar-refractivity contribution in [2.24, 2.45) is 5.41 Å². The van der Waals surface area contributed by atoms with E-state index in [0.717, 1.165) is 54.4 Å². The summed E-state index contributed by atoms with van der Waals surface area (Å²) in [4.78, 5) is 21.0. The van der Waals surface area contributed by atoms with Crippen molar-refractivity contribution in [1.29, 1.82) is 0 Å². The molecule has 4 aromatic rings. The van der Waals surface area contributed by atoms with Crippen LogP contribution >= 0.6 is 0 Å². The van der Waals surface area contributed by atoms with Crippen LogP contribution in [0, 0.1) is 5.41 Å². The summed E-state index contributed by atoms with van der Waals surface area (Å²) in [6, 6.07) is 8.20. The van der Waals surface area contributed by atoms with Crippen LogP contribution in [0.3, 0.4) is 0 Å². The Labute approximate surface area is 193 Å². The van der Waals surface area contributed by atoms with Crippen molar-refractivity contribution in [2.75, 3.05) is 36.4 Å². The molecule has 2 aliphatic heterocycles. The zero-order valence-electron chi connectivity index (χ0n) is 19.3. The topological polar surface area (TPSA) is 83.3 Å². The van der Waals surface area contributed by atoms with Gasteiger partial charge in [0.2, 0.25) is 5.95 Å². The largest absolute Gasteiger partial charge is 0.370 e. The molecule has 2 saturated heterocycles. The lowest BCUT2D eigenvalue weighted by molar-refractivity contribution is 0.232. The molecular formula is C25H30N8. The van der Waals surface area contributed by atoms with Gasteiger partial charge in [0.25, 0.3) is 0 Å². The van der Waals surface area contributed by atoms with Crippen molar-refractivity contribution in [2.45, 2.75) is 39.0 Å². The second-order valence-electron chi connectivity index (χ2n) is 9.79. The molecule has 2 fully saturated rings. The van der Waals surface area contributed by atoms with E-state index in [1.54, 1.807) is 0 Å². The molecule has 6 heterocycles. The van der Waals surface area contributed by atoms with Crippen molar-refractivity contribution in [3.05, 3.63) is 48.5 Å². The van der Waals surface area contributed by atoms with Crippen LogP contribution in [0.25, 0.3) is 16.7 Å². The van der Waals surface area contributed by atoms with Crippen molar-refractivity contribution < 1.29 is 0 Å². The highest BCUT2D eigenvalue weighted by Crippen LogP contribution is 2.40. The normalized spacial score (nSPS) is 18.1. The highest BCUT2D eigenvalue weighted by molar-refractivity contribution is 5.79. The van der Waals surface area contributed by atoms with Crippen LogP contribution in [0.2, 0.25) is 0 Å². The maximum absolute atomic E-state index is 4.82. The summed E-state index contributed by atoms with van der Waals surface area (Å²) in [5, 5.41) is 7.76. The van der Waals surface area contributed by atoms with E-state index in [2.05, 4.69) is 54.8 Å². The second-order valence-corrected chi connectivity index (χ2v) is 9.79. The molecule has 0 aliphatic carbocycles. The van der Waals surface area contributed by atoms with Crippen LogP contribution in [-0.4, -0.2) is 50.5 Å². The molecule has 2 aliphatic rings. The van der Waals surface area contributed by atoms with Gasteiger partial charge in [0.15, 0.2) is 5.65 Å². The minimum absolute atomic E-state index is 0.348. The number of piperidine rings is 1. The van der Waals surface area contributed by atoms with Crippen molar-refractivity contribution in [1.82, 2.24) is 29.7 Å². The first-order valence-electron chi connectivity index (χ1n) is 11.9. The summed E-state index contributed by atoms with van der Waals surface area (Å²) < 4.78 is 2.12. The number of hydrogen-bond acceptors (Lipinski definition) is 7. The zero-order valence-corrected chi connectivity index (χ0v) is 19.3. The summed E-state index contributed by atoms with van der Waals surface area (Å²) >= 11 is 0. The van der Waals surface area contributed by atoms with Crippen LogP contribution in [0.4, 0.5) is 17.5 Å². The number of nitrogens with one attached hydrogen (secondary N) is 2. The first-order chi connectivity index (χ1) is 16.1. The number of rotatable bonds is 4. The maximum Gasteiger partial charge on any atom is 0.230 e. The fourth-order valence-corrected chi connectivity index (χ4v) is 5.32. The van der Waals surface area contributed by atoms with Gasteiger partial charge >= 0.3 is 0 Å². The van der Waals surface area contributed by atoms with Gasteiger partial charge < -0.3 is 15.5 Å². The zero-order chi connectivity index (χ0) is 22.4. The summed E-state index contributed by atoms with van der Waals surface area (Å²) in [5.74, 6) is 1.63. The predicted molar refractivity (Wildman–Crippen MR) is 131 cm³/mol. The first kappa shape index (κ1) is 20.4. The predicted octanol–water partition coefficient (Wildman–Crippen LogP) is 4.12. The maximum atomic E-state index is 4.82. The molecule has 4 aromatic heterocycles. The van der Waals surface area contributed by atoms with Gasteiger partial charge in [-0.1, -0.05) is 13.8 Å². The van der Waals surface area contributed by atoms with Crippen molar-refractivity contribution >= 4 is 34.1 Å². The van der Waals surface area contributed by atoms with E-state index in [1.165, 1.54) is 24.9 Å². The van der Waals surface area contributed by atoms with Crippen LogP contribution in [0.15, 0.2) is 42.9 Å². The van der Waals surface area contributed by atoms with Crippen LogP contribution in [0.1, 0.15) is 44.7 Å². The molecule has 170 valence electrons. The molecule has 0 saturated carbocycles. The third-order valence-electron chi connectivity index (χ3n) is 7.28. The lowest BCUT2D eigenvalue weighted by atomic mass is 9.78. The molecule has 6 rings (SSSR count). The lowest BCUT2D eigenvalue weighted by Crippen LogP contribution is -2.38. The average molecular weight is 443 g/mol. The number of fused-ring (bicyclic) bond motifs is 3. The third kappa shape index (κ3) is 3.68. The first-order valence-corrected chi connectivity index (χ1v) is 11.9. The van der Waals surface area contributed by atoms with Crippen LogP contribution < -0.4 is 15.5 Å². The van der Waals surface area contributed by atoms with Gasteiger partial charge in [-0.25, -0.2) is 15.0 Å². The summed E-state index contributed by atoms with van der Waals surface area (Å²) in [5.41, 5.74) is 4.56. The summed E-state index contributed by atoms with van der Waals surface area (Å²) in [6.07, 6.45) is 9.58. The van der Waals surface area contributed by atoms with Gasteiger partial charge in [0.05, 0.1) is 11.9 Å². The Bertz CT molecular complexity index is 1290. The molecule has 0 unspecified atom stereocenters. The average Bonchev–Trinajstić information content (AvgIpc) is 3.45. The molecule has 0 bridgehead atoms. The molecule has 0 amide bonds. The van der Waals surface area contributed by atoms with E-state index < -0.39 is 0 Å². The fraction of sp³-hybridized carbons (Fsp3) is 0.440. The van der Waals surface area contributed by atoms with Gasteiger partial charge in [0, 0.05) is 36.6 Å². The molecule has 2 N–H and O–H groups in total. The number of hydrogen-bond donors (Lipinski definition) is 2. The minimum atomic E-state index is 0.348. The van der Waals surface area contributed by atoms with Crippen molar-refractivity contribution in [3.63, 3.8) is 0 Å². The quantitative estimate of drug-likeness (QED) is 0.492. The van der Waals surface area contributed by atoms with Gasteiger partial charge in [-0.3, -0.25) is 4.40 Å². The van der Waals surface area contributed by atoms with Gasteiger partial charge in [-0.2, -0.15) is 4.98 Å². The van der Waals surface area contributed by atoms with Crippen LogP contribution in [-0.2, 0) is 0 Å². The second kappa shape index (κ2) is 7.95.